The fourth-order valence-corrected chi connectivity index (χ4v) is 2.72. The van der Waals surface area contributed by atoms with Crippen LogP contribution in [-0.2, 0) is 0 Å². The molecule has 0 saturated heterocycles. The molecule has 0 bridgehead atoms. The molecule has 2 rings (SSSR count). The molecule has 92 valence electrons. The molecule has 0 aliphatic rings. The molecule has 1 atom stereocenters. The number of nitrogens with zero attached hydrogens (tertiary/aromatic N) is 2. The topological polar surface area (TPSA) is 63.8 Å². The van der Waals surface area contributed by atoms with Gasteiger partial charge in [-0.25, -0.2) is 9.97 Å². The molecule has 1 unspecified atom stereocenters. The Hall–Kier alpha value is -1.20. The van der Waals surface area contributed by atoms with Crippen LogP contribution in [0.15, 0.2) is 11.7 Å². The van der Waals surface area contributed by atoms with Crippen molar-refractivity contribution in [3.05, 3.63) is 17.3 Å². The zero-order chi connectivity index (χ0) is 12.3. The molecule has 0 fully saturated rings. The van der Waals surface area contributed by atoms with Crippen LogP contribution < -0.4 is 11.1 Å². The summed E-state index contributed by atoms with van der Waals surface area (Å²) in [6.07, 6.45) is 2.66. The van der Waals surface area contributed by atoms with Gasteiger partial charge in [0.05, 0.1) is 10.2 Å². The van der Waals surface area contributed by atoms with E-state index in [9.17, 15) is 0 Å². The van der Waals surface area contributed by atoms with Crippen molar-refractivity contribution in [2.45, 2.75) is 20.3 Å². The molecular formula is C12H18N4S. The largest absolute Gasteiger partial charge is 0.369 e. The number of nitrogens with one attached hydrogen (secondary N) is 1. The summed E-state index contributed by atoms with van der Waals surface area (Å²) in [5.74, 6) is 1.50. The van der Waals surface area contributed by atoms with Crippen LogP contribution in [0.2, 0.25) is 0 Å². The number of aryl methyl sites for hydroxylation is 1. The number of aromatic nitrogens is 2. The predicted octanol–water partition coefficient (Wildman–Crippen LogP) is 2.40. The molecule has 0 aliphatic carbocycles. The number of rotatable bonds is 5. The van der Waals surface area contributed by atoms with E-state index in [1.807, 2.05) is 0 Å². The molecule has 17 heavy (non-hydrogen) atoms. The van der Waals surface area contributed by atoms with Crippen LogP contribution in [0.3, 0.4) is 0 Å². The van der Waals surface area contributed by atoms with Crippen LogP contribution in [-0.4, -0.2) is 23.1 Å². The Labute approximate surface area is 105 Å². The highest BCUT2D eigenvalue weighted by atomic mass is 32.1. The molecule has 0 amide bonds. The van der Waals surface area contributed by atoms with E-state index in [-0.39, 0.29) is 0 Å². The zero-order valence-electron chi connectivity index (χ0n) is 10.2. The summed E-state index contributed by atoms with van der Waals surface area (Å²) < 4.78 is 1.14. The average Bonchev–Trinajstić information content (AvgIpc) is 2.70. The van der Waals surface area contributed by atoms with Crippen LogP contribution in [0.4, 0.5) is 5.82 Å². The lowest BCUT2D eigenvalue weighted by Gasteiger charge is -2.12. The summed E-state index contributed by atoms with van der Waals surface area (Å²) in [6, 6.07) is 0. The van der Waals surface area contributed by atoms with Crippen molar-refractivity contribution in [1.29, 1.82) is 0 Å². The van der Waals surface area contributed by atoms with Gasteiger partial charge < -0.3 is 11.1 Å². The summed E-state index contributed by atoms with van der Waals surface area (Å²) in [4.78, 5) is 8.61. The minimum absolute atomic E-state index is 0.561. The van der Waals surface area contributed by atoms with E-state index in [4.69, 9.17) is 5.73 Å². The number of fused-ring (bicyclic) bond motifs is 1. The Morgan fingerprint density at radius 1 is 1.47 bits per heavy atom. The number of hydrogen-bond donors (Lipinski definition) is 2. The highest BCUT2D eigenvalue weighted by molar-refractivity contribution is 7.18. The van der Waals surface area contributed by atoms with Gasteiger partial charge in [0, 0.05) is 6.54 Å². The molecular weight excluding hydrogens is 232 g/mol. The lowest BCUT2D eigenvalue weighted by molar-refractivity contribution is 0.568. The Bertz CT molecular complexity index is 494. The molecule has 2 heterocycles. The molecule has 2 aromatic rings. The number of hydrogen-bond acceptors (Lipinski definition) is 5. The fraction of sp³-hybridized carbons (Fsp3) is 0.500. The lowest BCUT2D eigenvalue weighted by Crippen LogP contribution is -2.15. The Balaban J connectivity index is 2.13. The predicted molar refractivity (Wildman–Crippen MR) is 73.5 cm³/mol. The van der Waals surface area contributed by atoms with Gasteiger partial charge >= 0.3 is 0 Å². The van der Waals surface area contributed by atoms with Gasteiger partial charge in [-0.15, -0.1) is 11.3 Å². The van der Waals surface area contributed by atoms with Gasteiger partial charge in [-0.05, 0) is 36.8 Å². The van der Waals surface area contributed by atoms with Gasteiger partial charge in [-0.1, -0.05) is 6.92 Å². The highest BCUT2D eigenvalue weighted by Gasteiger charge is 2.08. The highest BCUT2D eigenvalue weighted by Crippen LogP contribution is 2.28. The first-order valence-electron chi connectivity index (χ1n) is 5.85. The minimum Gasteiger partial charge on any atom is -0.369 e. The van der Waals surface area contributed by atoms with Crippen molar-refractivity contribution >= 4 is 27.4 Å². The van der Waals surface area contributed by atoms with E-state index in [0.717, 1.165) is 35.5 Å². The maximum absolute atomic E-state index is 5.54. The molecule has 4 nitrogen and oxygen atoms in total. The van der Waals surface area contributed by atoms with Gasteiger partial charge in [0.2, 0.25) is 0 Å². The van der Waals surface area contributed by atoms with Crippen molar-refractivity contribution in [2.75, 3.05) is 18.4 Å². The standard InChI is InChI=1S/C12H18N4S/c1-8(3-4-13)5-14-12-11-10(15-7-16-12)9(2)6-17-11/h6-8H,3-5,13H2,1-2H3,(H,14,15,16). The third-order valence-corrected chi connectivity index (χ3v) is 3.90. The number of anilines is 1. The van der Waals surface area contributed by atoms with Crippen LogP contribution in [0.5, 0.6) is 0 Å². The number of nitrogens with two attached hydrogens (primary N) is 1. The van der Waals surface area contributed by atoms with Crippen molar-refractivity contribution < 1.29 is 0 Å². The maximum atomic E-state index is 5.54. The molecule has 0 radical (unpaired) electrons. The lowest BCUT2D eigenvalue weighted by atomic mass is 10.1. The van der Waals surface area contributed by atoms with E-state index < -0.39 is 0 Å². The van der Waals surface area contributed by atoms with E-state index in [1.165, 1.54) is 5.56 Å². The molecule has 0 spiro atoms. The normalized spacial score (nSPS) is 12.9. The first kappa shape index (κ1) is 12.3. The maximum Gasteiger partial charge on any atom is 0.147 e. The van der Waals surface area contributed by atoms with Gasteiger partial charge in [0.25, 0.3) is 0 Å². The third-order valence-electron chi connectivity index (χ3n) is 2.81. The van der Waals surface area contributed by atoms with Crippen molar-refractivity contribution in [3.8, 4) is 0 Å². The first-order valence-corrected chi connectivity index (χ1v) is 6.73. The van der Waals surface area contributed by atoms with E-state index in [2.05, 4.69) is 34.5 Å². The fourth-order valence-electron chi connectivity index (χ4n) is 1.75. The molecule has 2 aromatic heterocycles. The quantitative estimate of drug-likeness (QED) is 0.855. The van der Waals surface area contributed by atoms with Crippen LogP contribution in [0.1, 0.15) is 18.9 Å². The Morgan fingerprint density at radius 2 is 2.29 bits per heavy atom. The van der Waals surface area contributed by atoms with Gasteiger partial charge in [-0.3, -0.25) is 0 Å². The second kappa shape index (κ2) is 5.42. The van der Waals surface area contributed by atoms with Gasteiger partial charge in [0.15, 0.2) is 0 Å². The van der Waals surface area contributed by atoms with E-state index in [1.54, 1.807) is 17.7 Å². The summed E-state index contributed by atoms with van der Waals surface area (Å²) in [6.45, 7) is 5.91. The smallest absolute Gasteiger partial charge is 0.147 e. The van der Waals surface area contributed by atoms with Crippen molar-refractivity contribution in [1.82, 2.24) is 9.97 Å². The van der Waals surface area contributed by atoms with Crippen molar-refractivity contribution in [3.63, 3.8) is 0 Å². The first-order chi connectivity index (χ1) is 8.22. The van der Waals surface area contributed by atoms with Crippen molar-refractivity contribution in [2.24, 2.45) is 11.7 Å². The van der Waals surface area contributed by atoms with E-state index in [0.29, 0.717) is 5.92 Å². The van der Waals surface area contributed by atoms with Gasteiger partial charge in [-0.2, -0.15) is 0 Å². The number of thiophene rings is 1. The van der Waals surface area contributed by atoms with Gasteiger partial charge in [0.1, 0.15) is 12.1 Å². The summed E-state index contributed by atoms with van der Waals surface area (Å²) in [5, 5.41) is 5.51. The average molecular weight is 250 g/mol. The summed E-state index contributed by atoms with van der Waals surface area (Å²) in [7, 11) is 0. The molecule has 0 aromatic carbocycles. The molecule has 3 N–H and O–H groups in total. The third kappa shape index (κ3) is 2.73. The second-order valence-corrected chi connectivity index (χ2v) is 5.26. The van der Waals surface area contributed by atoms with Crippen LogP contribution >= 0.6 is 11.3 Å². The molecule has 0 aliphatic heterocycles. The minimum atomic E-state index is 0.561. The molecule has 0 saturated carbocycles. The van der Waals surface area contributed by atoms with Crippen LogP contribution in [0, 0.1) is 12.8 Å². The zero-order valence-corrected chi connectivity index (χ0v) is 11.0. The second-order valence-electron chi connectivity index (χ2n) is 4.38. The van der Waals surface area contributed by atoms with Crippen LogP contribution in [0.25, 0.3) is 10.2 Å². The summed E-state index contributed by atoms with van der Waals surface area (Å²) in [5.41, 5.74) is 7.81. The monoisotopic (exact) mass is 250 g/mol. The molecule has 5 heteroatoms. The SMILES string of the molecule is Cc1csc2c(NCC(C)CCN)ncnc12. The Kier molecular flexibility index (Phi) is 3.91. The van der Waals surface area contributed by atoms with E-state index >= 15 is 0 Å². The summed E-state index contributed by atoms with van der Waals surface area (Å²) >= 11 is 1.69. The Morgan fingerprint density at radius 3 is 3.06 bits per heavy atom.